The number of aliphatic hydroxyl groups excluding tert-OH is 1. The number of carbonyl (C=O) groups is 6. The van der Waals surface area contributed by atoms with E-state index < -0.39 is 91.3 Å². The van der Waals surface area contributed by atoms with Gasteiger partial charge in [0.25, 0.3) is 11.8 Å². The van der Waals surface area contributed by atoms with Crippen molar-refractivity contribution in [1.82, 2.24) is 50.5 Å². The van der Waals surface area contributed by atoms with Crippen molar-refractivity contribution in [1.29, 1.82) is 0 Å². The molecule has 4 heterocycles. The maximum absolute atomic E-state index is 13.9. The van der Waals surface area contributed by atoms with E-state index in [-0.39, 0.29) is 75.9 Å². The molecule has 0 radical (unpaired) electrons. The summed E-state index contributed by atoms with van der Waals surface area (Å²) in [6.07, 6.45) is 2.71. The Kier molecular flexibility index (Phi) is 36.3. The van der Waals surface area contributed by atoms with E-state index in [1.165, 1.54) is 13.8 Å². The van der Waals surface area contributed by atoms with Crippen molar-refractivity contribution in [2.75, 3.05) is 85.6 Å². The maximum atomic E-state index is 13.9. The highest BCUT2D eigenvalue weighted by Gasteiger charge is 2.34. The van der Waals surface area contributed by atoms with Crippen LogP contribution in [0, 0.1) is 0 Å². The molecule has 0 aliphatic carbocycles. The lowest BCUT2D eigenvalue weighted by molar-refractivity contribution is -0.152. The van der Waals surface area contributed by atoms with E-state index in [9.17, 15) is 42.8 Å². The quantitative estimate of drug-likeness (QED) is 0.00586. The Hall–Kier alpha value is -10.3. The summed E-state index contributed by atoms with van der Waals surface area (Å²) in [5.41, 5.74) is 28.1. The molecule has 0 bridgehead atoms. The number of aliphatic hydroxyl groups is 1. The fraction of sp³-hybridized carbons (Fsp3) is 0.440. The summed E-state index contributed by atoms with van der Waals surface area (Å²) in [5.74, 6) is -2.24. The Morgan fingerprint density at radius 3 is 1.29 bits per heavy atom. The maximum Gasteiger partial charge on any atom is 0.380 e. The Balaban J connectivity index is 0.000000364. The van der Waals surface area contributed by atoms with E-state index >= 15 is 0 Å². The lowest BCUT2D eigenvalue weighted by atomic mass is 10.1. The molecular weight excluding hydrogens is 1520 g/mol. The Labute approximate surface area is 655 Å². The molecule has 33 nitrogen and oxygen atoms in total. The Morgan fingerprint density at radius 2 is 0.911 bits per heavy atom. The number of nitrogens with zero attached hydrogens (tertiary/aromatic N) is 10. The van der Waals surface area contributed by atoms with Crippen molar-refractivity contribution in [3.05, 3.63) is 144 Å². The molecule has 608 valence electrons. The molecule has 2 unspecified atom stereocenters. The van der Waals surface area contributed by atoms with Crippen molar-refractivity contribution >= 4 is 124 Å². The summed E-state index contributed by atoms with van der Waals surface area (Å²) >= 11 is 0. The van der Waals surface area contributed by atoms with Crippen LogP contribution in [0.3, 0.4) is 0 Å². The molecule has 8 aromatic rings. The molecule has 112 heavy (non-hydrogen) atoms. The zero-order chi connectivity index (χ0) is 81.6. The lowest BCUT2D eigenvalue weighted by Crippen LogP contribution is -2.42. The summed E-state index contributed by atoms with van der Waals surface area (Å²) < 4.78 is 63.8. The van der Waals surface area contributed by atoms with Crippen LogP contribution in [0.25, 0.3) is 22.3 Å². The number of nitrogens with two attached hydrogens (primary N) is 4. The number of hydrogen-bond acceptors (Lipinski definition) is 30. The van der Waals surface area contributed by atoms with Gasteiger partial charge in [-0.3, -0.25) is 14.1 Å². The number of benzene rings is 4. The van der Waals surface area contributed by atoms with E-state index in [1.54, 1.807) is 135 Å². The number of aromatic nitrogens is 8. The summed E-state index contributed by atoms with van der Waals surface area (Å²) in [6.45, 7) is 21.0. The van der Waals surface area contributed by atoms with Crippen LogP contribution < -0.4 is 52.4 Å². The van der Waals surface area contributed by atoms with E-state index in [0.717, 1.165) is 23.5 Å². The Bertz CT molecular complexity index is 4480. The fourth-order valence-corrected chi connectivity index (χ4v) is 14.6. The molecule has 8 rings (SSSR count). The first-order valence-electron chi connectivity index (χ1n) is 36.2. The number of nitrogens with one attached hydrogen (secondary N) is 2. The molecule has 2 amide bonds. The molecule has 4 aromatic heterocycles. The van der Waals surface area contributed by atoms with Crippen molar-refractivity contribution in [3.63, 3.8) is 0 Å². The van der Waals surface area contributed by atoms with Crippen LogP contribution in [-0.4, -0.2) is 179 Å². The van der Waals surface area contributed by atoms with E-state index in [2.05, 4.69) is 94.5 Å². The van der Waals surface area contributed by atoms with Crippen LogP contribution >= 0.6 is 15.2 Å². The zero-order valence-corrected chi connectivity index (χ0v) is 68.7. The number of unbranched alkanes of at least 4 members (excludes halogenated alkanes) is 2. The predicted molar refractivity (Wildman–Crippen MR) is 437 cm³/mol. The van der Waals surface area contributed by atoms with Gasteiger partial charge in [0, 0.05) is 52.7 Å². The second-order valence-electron chi connectivity index (χ2n) is 28.2. The van der Waals surface area contributed by atoms with Gasteiger partial charge in [0.15, 0.2) is 40.1 Å². The average molecular weight is 1620 g/mol. The number of hydrogen-bond donors (Lipinski definition) is 8. The molecule has 4 aromatic carbocycles. The van der Waals surface area contributed by atoms with Gasteiger partial charge in [0.1, 0.15) is 29.7 Å². The average Bonchev–Trinajstić information content (AvgIpc) is 0.810. The molecule has 0 saturated carbocycles. The summed E-state index contributed by atoms with van der Waals surface area (Å²) in [7, 11) is -6.95. The van der Waals surface area contributed by atoms with Crippen LogP contribution in [0.4, 0.5) is 34.9 Å². The topological polar surface area (TPSA) is 479 Å². The third kappa shape index (κ3) is 31.8. The van der Waals surface area contributed by atoms with Gasteiger partial charge < -0.3 is 81.4 Å². The molecule has 0 aliphatic heterocycles. The minimum absolute atomic E-state index is 0. The molecule has 0 spiro atoms. The van der Waals surface area contributed by atoms with Gasteiger partial charge in [-0.1, -0.05) is 95.9 Å². The highest BCUT2D eigenvalue weighted by atomic mass is 31.2. The van der Waals surface area contributed by atoms with Crippen molar-refractivity contribution in [2.24, 2.45) is 0 Å². The van der Waals surface area contributed by atoms with Gasteiger partial charge in [0.05, 0.1) is 75.6 Å². The van der Waals surface area contributed by atoms with Crippen molar-refractivity contribution in [3.8, 4) is 11.5 Å². The number of carbonyl (C=O) groups excluding carboxylic acids is 6. The molecule has 0 fully saturated rings. The van der Waals surface area contributed by atoms with Crippen LogP contribution in [0.2, 0.25) is 51.4 Å². The normalized spacial score (nSPS) is 13.3. The van der Waals surface area contributed by atoms with Crippen LogP contribution in [0.15, 0.2) is 122 Å². The van der Waals surface area contributed by atoms with Gasteiger partial charge in [-0.2, -0.15) is 19.9 Å². The summed E-state index contributed by atoms with van der Waals surface area (Å²) in [4.78, 5) is 123. The molecule has 12 N–H and O–H groups in total. The van der Waals surface area contributed by atoms with Gasteiger partial charge in [-0.15, -0.1) is 0 Å². The zero-order valence-electron chi connectivity index (χ0n) is 64.9. The number of fused-ring (bicyclic) bond motifs is 2. The van der Waals surface area contributed by atoms with E-state index in [1.807, 2.05) is 23.9 Å². The largest absolute Gasteiger partial charge is 0.464 e. The lowest BCUT2D eigenvalue weighted by Gasteiger charge is -2.23. The molecule has 6 atom stereocenters. The number of anilines is 6. The van der Waals surface area contributed by atoms with Gasteiger partial charge in [0.2, 0.25) is 11.9 Å². The predicted octanol–water partition coefficient (Wildman–Crippen LogP) is 10.8. The van der Waals surface area contributed by atoms with E-state index in [4.69, 9.17) is 55.8 Å². The van der Waals surface area contributed by atoms with Crippen molar-refractivity contribution < 1.29 is 80.4 Å². The first-order valence-corrected chi connectivity index (χ1v) is 47.1. The van der Waals surface area contributed by atoms with Crippen molar-refractivity contribution in [2.45, 2.75) is 162 Å². The molecule has 0 aliphatic rings. The number of para-hydroxylation sites is 2. The monoisotopic (exact) mass is 1620 g/mol. The third-order valence-electron chi connectivity index (χ3n) is 16.2. The number of rotatable bonds is 38. The summed E-state index contributed by atoms with van der Waals surface area (Å²) in [6, 6.07) is 30.4. The van der Waals surface area contributed by atoms with Crippen LogP contribution in [-0.2, 0) is 64.9 Å². The molecule has 0 saturated heterocycles. The molecule has 37 heteroatoms. The minimum Gasteiger partial charge on any atom is -0.464 e. The first kappa shape index (κ1) is 92.3. The third-order valence-corrected chi connectivity index (χ3v) is 23.0. The number of esters is 4. The number of amides is 2. The summed E-state index contributed by atoms with van der Waals surface area (Å²) in [5, 5.41) is 14.1. The highest BCUT2D eigenvalue weighted by molar-refractivity contribution is 7.54. The number of nitrogen functional groups attached to an aromatic ring is 4. The molecular formula is C75H108N16O17P2Si2. The van der Waals surface area contributed by atoms with Gasteiger partial charge in [-0.05, 0) is 138 Å². The van der Waals surface area contributed by atoms with Crippen LogP contribution in [0.1, 0.15) is 106 Å². The first-order chi connectivity index (χ1) is 52.4. The standard InChI is InChI=1S/C37H51N8O8PSi.C32H43N8O6PSi.C5H10O3.CH4/c1-7-50-35(47)25(2)52-54(49,53-29-13-9-8-10-14-29)21-12-11-15-30(36(48)51-20-22-55(4,5)6)42-34(46)26-16-18-28(19-17-26)45(3)24-27-23-40-33-31(41-27)32(38)43-37(39)44-33;1-40(21-23-20-35-29-27(36-23)28(33)38-32(34)39-29)24-15-13-22(14-16-24)30(41)37-26(31(42)45-17-19-48(2,3)4)12-8-9-18-47(43,44)46-25-10-6-5-7-11-25;1-3-8-5(7)4(2)6;/h8-10,13-14,16-19,23,25,30H,7,11-12,15,20-22,24H2,1-6H3,(H,42,46)(H4,38,39,40,43,44);5-7,10-11,13-16,20,26H,8-9,12,17-19,21H2,1-4H3,(H,37,41)(H,43,44)(H4,33,34,35,38,39);4,6H,3H2,1-2H3;1H4/t25-,30-,54?;26-;4-;/m000./s1. The van der Waals surface area contributed by atoms with Gasteiger partial charge in [-0.25, -0.2) is 48.2 Å². The smallest absolute Gasteiger partial charge is 0.380 e. The Morgan fingerprint density at radius 1 is 0.518 bits per heavy atom. The number of ether oxygens (including phenoxy) is 4. The van der Waals surface area contributed by atoms with Gasteiger partial charge >= 0.3 is 39.1 Å². The highest BCUT2D eigenvalue weighted by Crippen LogP contribution is 2.50. The van der Waals surface area contributed by atoms with Crippen LogP contribution in [0.5, 0.6) is 11.5 Å². The van der Waals surface area contributed by atoms with E-state index in [0.29, 0.717) is 102 Å². The second-order valence-corrected chi connectivity index (χ2v) is 43.4. The fourth-order valence-electron chi connectivity index (χ4n) is 10.2. The minimum atomic E-state index is -3.89. The second kappa shape index (κ2) is 44.1. The SMILES string of the molecule is C.CCOC(=O)[C@H](C)O.CCOC(=O)[C@H](C)OP(=O)(CCCC[C@H](NC(=O)c1ccc(N(C)Cc2cnc3nc(N)nc(N)c3n2)cc1)C(=O)OCC[Si](C)(C)C)Oc1ccccc1.CN(Cc1cnc2nc(N)nc(N)c2n1)c1ccc(C(=O)N[C@@H](CCCCP(=O)(O)Oc2ccccc2)C(=O)OCC[Si](C)(C)C)cc1.